The van der Waals surface area contributed by atoms with Crippen molar-refractivity contribution in [1.29, 1.82) is 0 Å². The third-order valence-electron chi connectivity index (χ3n) is 3.84. The van der Waals surface area contributed by atoms with Gasteiger partial charge in [-0.2, -0.15) is 5.10 Å². The van der Waals surface area contributed by atoms with Gasteiger partial charge >= 0.3 is 0 Å². The van der Waals surface area contributed by atoms with Crippen molar-refractivity contribution in [2.24, 2.45) is 7.05 Å². The molecule has 0 aliphatic rings. The zero-order chi connectivity index (χ0) is 16.8. The number of likely N-dealkylation sites (N-methyl/N-ethyl adjacent to an activating group) is 1. The molecule has 0 fully saturated rings. The smallest absolute Gasteiger partial charge is 0.246 e. The topological polar surface area (TPSA) is 47.4 Å². The first-order valence-corrected chi connectivity index (χ1v) is 7.56. The van der Waals surface area contributed by atoms with Gasteiger partial charge in [-0.1, -0.05) is 12.1 Å². The molecule has 0 aliphatic heterocycles. The summed E-state index contributed by atoms with van der Waals surface area (Å²) in [5, 5.41) is 4.07. The largest absolute Gasteiger partial charge is 0.497 e. The number of carbonyl (C=O) groups excluding carboxylic acids is 1. The van der Waals surface area contributed by atoms with Gasteiger partial charge in [0.05, 0.1) is 13.3 Å². The average molecular weight is 313 g/mol. The van der Waals surface area contributed by atoms with Gasteiger partial charge in [0.2, 0.25) is 5.91 Å². The molecule has 1 heterocycles. The van der Waals surface area contributed by atoms with Crippen molar-refractivity contribution in [3.8, 4) is 5.75 Å². The molecule has 0 saturated carbocycles. The van der Waals surface area contributed by atoms with E-state index in [2.05, 4.69) is 5.10 Å². The van der Waals surface area contributed by atoms with Crippen LogP contribution in [0.5, 0.6) is 5.75 Å². The summed E-state index contributed by atoms with van der Waals surface area (Å²) in [5.74, 6) is 0.820. The molecule has 2 rings (SSSR count). The van der Waals surface area contributed by atoms with Gasteiger partial charge in [-0.3, -0.25) is 9.48 Å². The summed E-state index contributed by atoms with van der Waals surface area (Å²) in [6.07, 6.45) is 7.76. The zero-order valence-electron chi connectivity index (χ0n) is 14.1. The molecule has 2 aromatic rings. The number of nitrogens with zero attached hydrogens (tertiary/aromatic N) is 3. The van der Waals surface area contributed by atoms with Crippen molar-refractivity contribution in [1.82, 2.24) is 14.7 Å². The van der Waals surface area contributed by atoms with E-state index in [1.807, 2.05) is 51.5 Å². The van der Waals surface area contributed by atoms with Crippen molar-refractivity contribution in [3.63, 3.8) is 0 Å². The Morgan fingerprint density at radius 2 is 2.09 bits per heavy atom. The van der Waals surface area contributed by atoms with Gasteiger partial charge in [-0.05, 0) is 37.1 Å². The van der Waals surface area contributed by atoms with Crippen LogP contribution in [0.15, 0.2) is 42.7 Å². The van der Waals surface area contributed by atoms with Gasteiger partial charge in [0, 0.05) is 38.0 Å². The van der Waals surface area contributed by atoms with Gasteiger partial charge in [0.25, 0.3) is 0 Å². The lowest BCUT2D eigenvalue weighted by Crippen LogP contribution is -2.35. The van der Waals surface area contributed by atoms with Crippen LogP contribution in [0.3, 0.4) is 0 Å². The fourth-order valence-corrected chi connectivity index (χ4v) is 2.27. The fraction of sp³-hybridized carbons (Fsp3) is 0.333. The van der Waals surface area contributed by atoms with E-state index in [0.717, 1.165) is 17.7 Å². The van der Waals surface area contributed by atoms with Crippen LogP contribution in [0.2, 0.25) is 0 Å². The second kappa shape index (κ2) is 7.63. The Kier molecular flexibility index (Phi) is 5.57. The Hall–Kier alpha value is -2.56. The van der Waals surface area contributed by atoms with Crippen molar-refractivity contribution in [2.75, 3.05) is 14.2 Å². The number of benzene rings is 1. The van der Waals surface area contributed by atoms with Crippen LogP contribution in [-0.4, -0.2) is 40.8 Å². The number of amides is 1. The number of hydrogen-bond acceptors (Lipinski definition) is 3. The van der Waals surface area contributed by atoms with E-state index in [1.54, 1.807) is 35.0 Å². The normalized spacial score (nSPS) is 12.3. The molecule has 0 unspecified atom stereocenters. The van der Waals surface area contributed by atoms with E-state index in [9.17, 15) is 4.79 Å². The van der Waals surface area contributed by atoms with Gasteiger partial charge in [0.1, 0.15) is 5.75 Å². The minimum absolute atomic E-state index is 0.0186. The molecule has 23 heavy (non-hydrogen) atoms. The third-order valence-corrected chi connectivity index (χ3v) is 3.84. The summed E-state index contributed by atoms with van der Waals surface area (Å²) in [6, 6.07) is 8.03. The fourth-order valence-electron chi connectivity index (χ4n) is 2.27. The lowest BCUT2D eigenvalue weighted by molar-refractivity contribution is -0.126. The Labute approximate surface area is 137 Å². The molecule has 122 valence electrons. The second-order valence-corrected chi connectivity index (χ2v) is 5.63. The number of aromatic nitrogens is 2. The summed E-state index contributed by atoms with van der Waals surface area (Å²) in [6.45, 7) is 2.04. The first-order valence-electron chi connectivity index (χ1n) is 7.56. The summed E-state index contributed by atoms with van der Waals surface area (Å²) < 4.78 is 6.86. The molecule has 0 radical (unpaired) electrons. The number of carbonyl (C=O) groups is 1. The van der Waals surface area contributed by atoms with Crippen LogP contribution in [0, 0.1) is 0 Å². The van der Waals surface area contributed by atoms with E-state index >= 15 is 0 Å². The third kappa shape index (κ3) is 4.71. The molecular formula is C18H23N3O2. The molecule has 0 bridgehead atoms. The van der Waals surface area contributed by atoms with Crippen molar-refractivity contribution >= 4 is 12.0 Å². The molecule has 1 aromatic carbocycles. The minimum Gasteiger partial charge on any atom is -0.497 e. The summed E-state index contributed by atoms with van der Waals surface area (Å²) in [4.78, 5) is 14.0. The van der Waals surface area contributed by atoms with Crippen LogP contribution in [-0.2, 0) is 18.3 Å². The SMILES string of the molecule is COc1ccc(C[C@H](C)N(C)C(=O)/C=C\c2cnn(C)c2)cc1. The minimum atomic E-state index is -0.0186. The molecular weight excluding hydrogens is 290 g/mol. The number of aryl methyl sites for hydroxylation is 1. The molecule has 5 nitrogen and oxygen atoms in total. The summed E-state index contributed by atoms with van der Waals surface area (Å²) in [5.41, 5.74) is 2.09. The molecule has 1 atom stereocenters. The quantitative estimate of drug-likeness (QED) is 0.770. The Balaban J connectivity index is 1.93. The maximum atomic E-state index is 12.2. The number of methoxy groups -OCH3 is 1. The Bertz CT molecular complexity index is 674. The van der Waals surface area contributed by atoms with Crippen molar-refractivity contribution in [2.45, 2.75) is 19.4 Å². The Morgan fingerprint density at radius 3 is 2.65 bits per heavy atom. The van der Waals surface area contributed by atoms with Crippen LogP contribution < -0.4 is 4.74 Å². The van der Waals surface area contributed by atoms with Gasteiger partial charge in [-0.15, -0.1) is 0 Å². The van der Waals surface area contributed by atoms with Gasteiger partial charge < -0.3 is 9.64 Å². The van der Waals surface area contributed by atoms with Gasteiger partial charge in [0.15, 0.2) is 0 Å². The van der Waals surface area contributed by atoms with Crippen molar-refractivity contribution < 1.29 is 9.53 Å². The van der Waals surface area contributed by atoms with Crippen LogP contribution >= 0.6 is 0 Å². The molecule has 1 amide bonds. The molecule has 0 saturated heterocycles. The lowest BCUT2D eigenvalue weighted by atomic mass is 10.1. The van der Waals surface area contributed by atoms with E-state index < -0.39 is 0 Å². The first kappa shape index (κ1) is 16.8. The zero-order valence-corrected chi connectivity index (χ0v) is 14.1. The lowest BCUT2D eigenvalue weighted by Gasteiger charge is -2.24. The highest BCUT2D eigenvalue weighted by Crippen LogP contribution is 2.14. The number of rotatable bonds is 6. The number of ether oxygens (including phenoxy) is 1. The predicted octanol–water partition coefficient (Wildman–Crippen LogP) is 2.53. The van der Waals surface area contributed by atoms with E-state index in [4.69, 9.17) is 4.74 Å². The standard InChI is InChI=1S/C18H23N3O2/c1-14(11-15-5-8-17(23-4)9-6-15)21(3)18(22)10-7-16-12-19-20(2)13-16/h5-10,12-14H,11H2,1-4H3/b10-7-/t14-/m0/s1. The second-order valence-electron chi connectivity index (χ2n) is 5.63. The Morgan fingerprint density at radius 1 is 1.39 bits per heavy atom. The molecule has 0 N–H and O–H groups in total. The molecule has 0 spiro atoms. The van der Waals surface area contributed by atoms with Gasteiger partial charge in [-0.25, -0.2) is 0 Å². The van der Waals surface area contributed by atoms with E-state index in [1.165, 1.54) is 5.56 Å². The average Bonchev–Trinajstić information content (AvgIpc) is 2.98. The highest BCUT2D eigenvalue weighted by atomic mass is 16.5. The summed E-state index contributed by atoms with van der Waals surface area (Å²) in [7, 11) is 5.32. The highest BCUT2D eigenvalue weighted by Gasteiger charge is 2.14. The van der Waals surface area contributed by atoms with Crippen LogP contribution in [0.4, 0.5) is 0 Å². The van der Waals surface area contributed by atoms with E-state index in [-0.39, 0.29) is 11.9 Å². The molecule has 0 aliphatic carbocycles. The van der Waals surface area contributed by atoms with Crippen LogP contribution in [0.1, 0.15) is 18.1 Å². The highest BCUT2D eigenvalue weighted by molar-refractivity contribution is 5.91. The maximum absolute atomic E-state index is 12.2. The first-order chi connectivity index (χ1) is 11.0. The predicted molar refractivity (Wildman–Crippen MR) is 91.2 cm³/mol. The maximum Gasteiger partial charge on any atom is 0.246 e. The summed E-state index contributed by atoms with van der Waals surface area (Å²) >= 11 is 0. The monoisotopic (exact) mass is 313 g/mol. The number of hydrogen-bond donors (Lipinski definition) is 0. The molecule has 1 aromatic heterocycles. The van der Waals surface area contributed by atoms with Crippen molar-refractivity contribution in [3.05, 3.63) is 53.9 Å². The molecule has 5 heteroatoms. The van der Waals surface area contributed by atoms with Crippen LogP contribution in [0.25, 0.3) is 6.08 Å². The van der Waals surface area contributed by atoms with E-state index in [0.29, 0.717) is 0 Å².